The van der Waals surface area contributed by atoms with Gasteiger partial charge in [-0.1, -0.05) is 0 Å². The number of hydrogen-bond donors (Lipinski definition) is 1. The summed E-state index contributed by atoms with van der Waals surface area (Å²) in [6.07, 6.45) is 3.68. The number of aromatic amines is 1. The summed E-state index contributed by atoms with van der Waals surface area (Å²) in [5.41, 5.74) is 0.704. The minimum atomic E-state index is -4.67. The minimum Gasteiger partial charge on any atom is -0.480 e. The van der Waals surface area contributed by atoms with Crippen LogP contribution in [0.2, 0.25) is 0 Å². The van der Waals surface area contributed by atoms with E-state index in [2.05, 4.69) is 41.0 Å². The molecular formula is C28H21F4N9O2. The molecule has 0 saturated heterocycles. The number of halogens is 4. The average molecular weight is 592 g/mol. The highest BCUT2D eigenvalue weighted by atomic mass is 19.4. The second-order valence-electron chi connectivity index (χ2n) is 10.4. The van der Waals surface area contributed by atoms with Crippen LogP contribution in [0, 0.1) is 17.1 Å². The van der Waals surface area contributed by atoms with E-state index in [-0.39, 0.29) is 58.8 Å². The van der Waals surface area contributed by atoms with Crippen molar-refractivity contribution in [1.29, 1.82) is 5.26 Å². The van der Waals surface area contributed by atoms with Crippen molar-refractivity contribution in [2.75, 3.05) is 7.11 Å². The van der Waals surface area contributed by atoms with Crippen LogP contribution in [-0.2, 0) is 12.8 Å². The van der Waals surface area contributed by atoms with Gasteiger partial charge in [0.05, 0.1) is 23.8 Å². The first kappa shape index (κ1) is 26.7. The van der Waals surface area contributed by atoms with Crippen molar-refractivity contribution in [2.45, 2.75) is 50.4 Å². The lowest BCUT2D eigenvalue weighted by Gasteiger charge is -2.13. The summed E-state index contributed by atoms with van der Waals surface area (Å²) in [5, 5.41) is 9.99. The largest absolute Gasteiger partial charge is 0.480 e. The maximum atomic E-state index is 15.3. The fraction of sp³-hybridized carbons (Fsp3) is 0.321. The highest BCUT2D eigenvalue weighted by Gasteiger charge is 2.38. The predicted molar refractivity (Wildman–Crippen MR) is 141 cm³/mol. The summed E-state index contributed by atoms with van der Waals surface area (Å²) in [7, 11) is 1.48. The van der Waals surface area contributed by atoms with E-state index in [9.17, 15) is 18.4 Å². The van der Waals surface area contributed by atoms with Crippen molar-refractivity contribution in [3.8, 4) is 40.7 Å². The Labute approximate surface area is 240 Å². The minimum absolute atomic E-state index is 0.0500. The first-order chi connectivity index (χ1) is 20.7. The molecular weight excluding hydrogens is 570 g/mol. The van der Waals surface area contributed by atoms with Crippen molar-refractivity contribution in [3.63, 3.8) is 0 Å². The van der Waals surface area contributed by atoms with Crippen molar-refractivity contribution in [2.24, 2.45) is 0 Å². The van der Waals surface area contributed by atoms with E-state index in [1.807, 2.05) is 0 Å². The van der Waals surface area contributed by atoms with Gasteiger partial charge in [0.1, 0.15) is 35.9 Å². The number of alkyl halides is 3. The number of aromatic nitrogens is 8. The number of nitrogens with zero attached hydrogens (tertiary/aromatic N) is 8. The van der Waals surface area contributed by atoms with Gasteiger partial charge < -0.3 is 19.0 Å². The lowest BCUT2D eigenvalue weighted by Crippen LogP contribution is -2.06. The first-order valence-electron chi connectivity index (χ1n) is 13.4. The van der Waals surface area contributed by atoms with Gasteiger partial charge in [-0.3, -0.25) is 0 Å². The predicted octanol–water partition coefficient (Wildman–Crippen LogP) is 5.50. The Bertz CT molecular complexity index is 1920. The van der Waals surface area contributed by atoms with Crippen molar-refractivity contribution >= 4 is 11.0 Å². The standard InChI is InChI=1S/C28H21F4N9O2/c1-42-26-20(21(14-2-3-14)36-12-37-26)24-39-23-19(15(7-33)9-35-23)27(40-24)43-11-13-6-17(29)22(34-8-13)25-38-18(28(30,31)32)10-41(25)16-4-5-16/h6,8-10,12,14,16H,2-5,11H2,1H3,(H,35,39,40). The highest BCUT2D eigenvalue weighted by molar-refractivity contribution is 5.89. The van der Waals surface area contributed by atoms with Crippen molar-refractivity contribution in [3.05, 3.63) is 59.3 Å². The van der Waals surface area contributed by atoms with Crippen LogP contribution in [0.25, 0.3) is 33.9 Å². The molecule has 0 radical (unpaired) electrons. The van der Waals surface area contributed by atoms with Gasteiger partial charge in [0.2, 0.25) is 11.8 Å². The molecule has 1 N–H and O–H groups in total. The Morgan fingerprint density at radius 3 is 2.58 bits per heavy atom. The molecule has 2 saturated carbocycles. The number of imidazole rings is 1. The first-order valence-corrected chi connectivity index (χ1v) is 13.4. The van der Waals surface area contributed by atoms with Crippen LogP contribution in [0.1, 0.15) is 60.2 Å². The van der Waals surface area contributed by atoms with E-state index in [0.29, 0.717) is 29.4 Å². The molecule has 5 heterocycles. The van der Waals surface area contributed by atoms with Gasteiger partial charge in [0.15, 0.2) is 23.2 Å². The number of nitrogens with one attached hydrogen (secondary N) is 1. The van der Waals surface area contributed by atoms with Crippen molar-refractivity contribution in [1.82, 2.24) is 39.5 Å². The number of methoxy groups -OCH3 is 1. The fourth-order valence-corrected chi connectivity index (χ4v) is 4.93. The number of nitriles is 1. The zero-order valence-electron chi connectivity index (χ0n) is 22.5. The number of ether oxygens (including phenoxy) is 2. The Morgan fingerprint density at radius 1 is 1.09 bits per heavy atom. The van der Waals surface area contributed by atoms with Crippen LogP contribution in [0.4, 0.5) is 17.6 Å². The van der Waals surface area contributed by atoms with Crippen LogP contribution in [0.5, 0.6) is 11.8 Å². The van der Waals surface area contributed by atoms with Gasteiger partial charge in [0.25, 0.3) is 0 Å². The summed E-state index contributed by atoms with van der Waals surface area (Å²) < 4.78 is 68.1. The molecule has 11 nitrogen and oxygen atoms in total. The third-order valence-corrected chi connectivity index (χ3v) is 7.29. The summed E-state index contributed by atoms with van der Waals surface area (Å²) >= 11 is 0. The van der Waals surface area contributed by atoms with E-state index in [1.54, 1.807) is 0 Å². The molecule has 218 valence electrons. The summed E-state index contributed by atoms with van der Waals surface area (Å²) in [4.78, 5) is 28.6. The van der Waals surface area contributed by atoms with Gasteiger partial charge in [-0.15, -0.1) is 0 Å². The Kier molecular flexibility index (Phi) is 6.22. The Morgan fingerprint density at radius 2 is 1.91 bits per heavy atom. The number of rotatable bonds is 8. The molecule has 5 aromatic heterocycles. The summed E-state index contributed by atoms with van der Waals surface area (Å²) in [6, 6.07) is 3.02. The SMILES string of the molecule is COc1ncnc(C2CC2)c1-c1nc(OCc2cnc(-c3nc(C(F)(F)F)cn3C3CC3)c(F)c2)c2c(C#N)c[nH]c2n1. The van der Waals surface area contributed by atoms with Crippen LogP contribution in [0.15, 0.2) is 31.0 Å². The number of hydrogen-bond acceptors (Lipinski definition) is 9. The molecule has 0 spiro atoms. The zero-order chi connectivity index (χ0) is 29.9. The van der Waals surface area contributed by atoms with Gasteiger partial charge in [-0.05, 0) is 31.7 Å². The zero-order valence-corrected chi connectivity index (χ0v) is 22.5. The third-order valence-electron chi connectivity index (χ3n) is 7.29. The maximum Gasteiger partial charge on any atom is 0.434 e. The molecule has 0 unspecified atom stereocenters. The van der Waals surface area contributed by atoms with Crippen LogP contribution in [-0.4, -0.2) is 46.6 Å². The smallest absolute Gasteiger partial charge is 0.434 e. The van der Waals surface area contributed by atoms with E-state index < -0.39 is 17.7 Å². The van der Waals surface area contributed by atoms with Crippen LogP contribution < -0.4 is 9.47 Å². The molecule has 43 heavy (non-hydrogen) atoms. The van der Waals surface area contributed by atoms with Gasteiger partial charge in [-0.25, -0.2) is 29.3 Å². The summed E-state index contributed by atoms with van der Waals surface area (Å²) in [6.45, 7) is -0.214. The number of fused-ring (bicyclic) bond motifs is 1. The van der Waals surface area contributed by atoms with E-state index in [1.165, 1.54) is 30.4 Å². The quantitative estimate of drug-likeness (QED) is 0.232. The highest BCUT2D eigenvalue weighted by Crippen LogP contribution is 2.45. The molecule has 2 fully saturated rings. The van der Waals surface area contributed by atoms with E-state index in [4.69, 9.17) is 9.47 Å². The van der Waals surface area contributed by atoms with E-state index in [0.717, 1.165) is 30.8 Å². The molecule has 2 aliphatic carbocycles. The molecule has 5 aromatic rings. The van der Waals surface area contributed by atoms with Gasteiger partial charge in [0, 0.05) is 36.1 Å². The lowest BCUT2D eigenvalue weighted by atomic mass is 10.1. The number of pyridine rings is 1. The topological polar surface area (TPSA) is 140 Å². The number of H-pyrrole nitrogens is 1. The lowest BCUT2D eigenvalue weighted by molar-refractivity contribution is -0.140. The van der Waals surface area contributed by atoms with E-state index >= 15 is 4.39 Å². The average Bonchev–Trinajstić information content (AvgIpc) is 3.93. The van der Waals surface area contributed by atoms with Crippen LogP contribution >= 0.6 is 0 Å². The maximum absolute atomic E-state index is 15.3. The monoisotopic (exact) mass is 591 g/mol. The third kappa shape index (κ3) is 4.88. The molecule has 0 aliphatic heterocycles. The molecule has 0 amide bonds. The Hall–Kier alpha value is -5.13. The van der Waals surface area contributed by atoms with Crippen molar-refractivity contribution < 1.29 is 27.0 Å². The normalized spacial score (nSPS) is 15.1. The molecule has 0 aromatic carbocycles. The molecule has 0 atom stereocenters. The fourth-order valence-electron chi connectivity index (χ4n) is 4.93. The Balaban J connectivity index is 1.23. The molecule has 7 rings (SSSR count). The molecule has 2 aliphatic rings. The van der Waals surface area contributed by atoms with Gasteiger partial charge >= 0.3 is 6.18 Å². The van der Waals surface area contributed by atoms with Crippen LogP contribution in [0.3, 0.4) is 0 Å². The molecule has 15 heteroatoms. The second-order valence-corrected chi connectivity index (χ2v) is 10.4. The molecule has 0 bridgehead atoms. The summed E-state index contributed by atoms with van der Waals surface area (Å²) in [5.74, 6) is -0.262. The van der Waals surface area contributed by atoms with Gasteiger partial charge in [-0.2, -0.15) is 23.4 Å². The second kappa shape index (κ2) is 10.0.